The van der Waals surface area contributed by atoms with Gasteiger partial charge in [-0.15, -0.1) is 5.53 Å². The van der Waals surface area contributed by atoms with Gasteiger partial charge < -0.3 is 21.2 Å². The van der Waals surface area contributed by atoms with Crippen LogP contribution in [0.25, 0.3) is 10.9 Å². The fourth-order valence-corrected chi connectivity index (χ4v) is 4.53. The molecule has 192 valence electrons. The van der Waals surface area contributed by atoms with Gasteiger partial charge in [-0.3, -0.25) is 15.0 Å². The summed E-state index contributed by atoms with van der Waals surface area (Å²) in [4.78, 5) is 8.64. The molecule has 0 aliphatic carbocycles. The summed E-state index contributed by atoms with van der Waals surface area (Å²) in [7, 11) is 0. The Morgan fingerprint density at radius 2 is 1.97 bits per heavy atom. The van der Waals surface area contributed by atoms with E-state index in [-0.39, 0.29) is 23.2 Å². The SMILES string of the molecule is N#Cc1cnc2c(Cl)cc(N[C@H](C3=CN(CCO)NN3)c3cccnc3)cc2c1Nc1ccc(F)c(Cl)c1. The Morgan fingerprint density at radius 3 is 2.71 bits per heavy atom. The summed E-state index contributed by atoms with van der Waals surface area (Å²) in [5.41, 5.74) is 10.1. The Balaban J connectivity index is 1.58. The van der Waals surface area contributed by atoms with Crippen molar-refractivity contribution in [2.75, 3.05) is 23.8 Å². The summed E-state index contributed by atoms with van der Waals surface area (Å²) in [6, 6.07) is 13.3. The summed E-state index contributed by atoms with van der Waals surface area (Å²) >= 11 is 12.6. The van der Waals surface area contributed by atoms with Crippen molar-refractivity contribution in [3.8, 4) is 6.07 Å². The van der Waals surface area contributed by atoms with E-state index in [0.717, 1.165) is 11.3 Å². The minimum Gasteiger partial charge on any atom is -0.394 e. The van der Waals surface area contributed by atoms with E-state index in [1.807, 2.05) is 24.4 Å². The maximum Gasteiger partial charge on any atom is 0.141 e. The van der Waals surface area contributed by atoms with Crippen LogP contribution >= 0.6 is 23.2 Å². The van der Waals surface area contributed by atoms with Crippen molar-refractivity contribution in [1.82, 2.24) is 25.9 Å². The van der Waals surface area contributed by atoms with E-state index >= 15 is 0 Å². The van der Waals surface area contributed by atoms with Crippen molar-refractivity contribution in [3.63, 3.8) is 0 Å². The summed E-state index contributed by atoms with van der Waals surface area (Å²) in [6.07, 6.45) is 6.72. The topological polar surface area (TPSA) is 121 Å². The van der Waals surface area contributed by atoms with Gasteiger partial charge in [0.2, 0.25) is 0 Å². The van der Waals surface area contributed by atoms with Crippen LogP contribution in [0.5, 0.6) is 0 Å². The highest BCUT2D eigenvalue weighted by atomic mass is 35.5. The van der Waals surface area contributed by atoms with Crippen LogP contribution in [0.1, 0.15) is 17.2 Å². The number of hydrogen-bond donors (Lipinski definition) is 5. The maximum absolute atomic E-state index is 13.7. The molecular weight excluding hydrogens is 530 g/mol. The van der Waals surface area contributed by atoms with Gasteiger partial charge in [0, 0.05) is 41.6 Å². The van der Waals surface area contributed by atoms with E-state index in [4.69, 9.17) is 23.2 Å². The largest absolute Gasteiger partial charge is 0.394 e. The Hall–Kier alpha value is -4.14. The molecule has 9 nitrogen and oxygen atoms in total. The second-order valence-corrected chi connectivity index (χ2v) is 9.18. The van der Waals surface area contributed by atoms with E-state index in [1.54, 1.807) is 23.5 Å². The average Bonchev–Trinajstić information content (AvgIpc) is 3.38. The predicted molar refractivity (Wildman–Crippen MR) is 145 cm³/mol. The highest BCUT2D eigenvalue weighted by molar-refractivity contribution is 6.36. The third-order valence-corrected chi connectivity index (χ3v) is 6.43. The van der Waals surface area contributed by atoms with Crippen molar-refractivity contribution >= 4 is 51.2 Å². The maximum atomic E-state index is 13.7. The number of aliphatic hydroxyl groups is 1. The quantitative estimate of drug-likeness (QED) is 0.206. The number of aromatic nitrogens is 2. The molecule has 5 rings (SSSR count). The molecular formula is C26H21Cl2FN8O. The van der Waals surface area contributed by atoms with Crippen LogP contribution in [0.3, 0.4) is 0 Å². The Bertz CT molecular complexity index is 1560. The normalized spacial score (nSPS) is 13.6. The number of aliphatic hydroxyl groups excluding tert-OH is 1. The number of hydrazine groups is 2. The lowest BCUT2D eigenvalue weighted by molar-refractivity contribution is 0.195. The monoisotopic (exact) mass is 550 g/mol. The van der Waals surface area contributed by atoms with E-state index in [2.05, 4.69) is 37.6 Å². The second kappa shape index (κ2) is 11.1. The Morgan fingerprint density at radius 1 is 1.13 bits per heavy atom. The van der Waals surface area contributed by atoms with Gasteiger partial charge in [-0.25, -0.2) is 4.39 Å². The zero-order valence-corrected chi connectivity index (χ0v) is 21.2. The van der Waals surface area contributed by atoms with E-state index < -0.39 is 5.82 Å². The molecule has 5 N–H and O–H groups in total. The van der Waals surface area contributed by atoms with Gasteiger partial charge in [-0.1, -0.05) is 29.3 Å². The number of rotatable bonds is 8. The van der Waals surface area contributed by atoms with Gasteiger partial charge in [0.25, 0.3) is 0 Å². The highest BCUT2D eigenvalue weighted by Crippen LogP contribution is 2.37. The second-order valence-electron chi connectivity index (χ2n) is 8.37. The van der Waals surface area contributed by atoms with Crippen molar-refractivity contribution in [1.29, 1.82) is 5.26 Å². The van der Waals surface area contributed by atoms with Crippen molar-refractivity contribution in [2.24, 2.45) is 0 Å². The smallest absolute Gasteiger partial charge is 0.141 e. The molecule has 12 heteroatoms. The number of nitrogens with one attached hydrogen (secondary N) is 4. The number of pyridine rings is 2. The first kappa shape index (κ1) is 25.5. The molecule has 0 unspecified atom stereocenters. The summed E-state index contributed by atoms with van der Waals surface area (Å²) in [6.45, 7) is 0.371. The molecule has 2 aromatic carbocycles. The van der Waals surface area contributed by atoms with Crippen LogP contribution < -0.4 is 21.6 Å². The van der Waals surface area contributed by atoms with Gasteiger partial charge in [0.05, 0.1) is 51.7 Å². The molecule has 1 aliphatic heterocycles. The van der Waals surface area contributed by atoms with Gasteiger partial charge in [0.1, 0.15) is 11.9 Å². The van der Waals surface area contributed by atoms with Crippen molar-refractivity contribution in [3.05, 3.63) is 99.9 Å². The number of fused-ring (bicyclic) bond motifs is 1. The van der Waals surface area contributed by atoms with Crippen molar-refractivity contribution in [2.45, 2.75) is 6.04 Å². The third kappa shape index (κ3) is 5.27. The van der Waals surface area contributed by atoms with Gasteiger partial charge in [-0.2, -0.15) is 5.26 Å². The van der Waals surface area contributed by atoms with Gasteiger partial charge in [-0.05, 0) is 42.0 Å². The van der Waals surface area contributed by atoms with Gasteiger partial charge >= 0.3 is 0 Å². The molecule has 0 bridgehead atoms. The number of nitriles is 1. The Kier molecular flexibility index (Phi) is 7.44. The first-order chi connectivity index (χ1) is 18.5. The molecule has 0 fully saturated rings. The van der Waals surface area contributed by atoms with Crippen LogP contribution in [-0.4, -0.2) is 33.2 Å². The minimum absolute atomic E-state index is 0.0208. The average molecular weight is 551 g/mol. The predicted octanol–water partition coefficient (Wildman–Crippen LogP) is 5.00. The lowest BCUT2D eigenvalue weighted by atomic mass is 10.0. The van der Waals surface area contributed by atoms with Crippen molar-refractivity contribution < 1.29 is 9.50 Å². The fourth-order valence-electron chi connectivity index (χ4n) is 4.08. The number of halogens is 3. The molecule has 0 spiro atoms. The number of anilines is 3. The molecule has 38 heavy (non-hydrogen) atoms. The minimum atomic E-state index is -0.546. The number of hydrogen-bond acceptors (Lipinski definition) is 9. The molecule has 0 saturated heterocycles. The van der Waals surface area contributed by atoms with E-state index in [0.29, 0.717) is 39.5 Å². The number of nitrogens with zero attached hydrogens (tertiary/aromatic N) is 4. The molecule has 0 saturated carbocycles. The van der Waals surface area contributed by atoms with Crippen LogP contribution in [0.15, 0.2) is 73.0 Å². The summed E-state index contributed by atoms with van der Waals surface area (Å²) < 4.78 is 13.7. The molecule has 4 aromatic rings. The summed E-state index contributed by atoms with van der Waals surface area (Å²) in [5, 5.41) is 28.4. The fraction of sp³-hybridized carbons (Fsp3) is 0.115. The first-order valence-electron chi connectivity index (χ1n) is 11.5. The standard InChI is InChI=1S/C26H21Cl2FN8O/c27-20-9-17(3-4-22(20)29)33-24-16(11-30)13-32-26-19(24)8-18(10-21(26)28)34-25(15-2-1-5-31-12-15)23-14-37(6-7-38)36-35-23/h1-5,8-10,12-14,25,34-36,38H,6-7H2,(H,32,33)/t25-/m0/s1. The Labute approximate surface area is 227 Å². The molecule has 0 radical (unpaired) electrons. The zero-order valence-electron chi connectivity index (χ0n) is 19.7. The molecule has 0 amide bonds. The molecule has 1 atom stereocenters. The van der Waals surface area contributed by atoms with Crippen LogP contribution in [-0.2, 0) is 0 Å². The number of benzene rings is 2. The highest BCUT2D eigenvalue weighted by Gasteiger charge is 2.23. The van der Waals surface area contributed by atoms with E-state index in [9.17, 15) is 14.8 Å². The lowest BCUT2D eigenvalue weighted by Gasteiger charge is -2.22. The van der Waals surface area contributed by atoms with Crippen LogP contribution in [0.2, 0.25) is 10.0 Å². The van der Waals surface area contributed by atoms with E-state index in [1.165, 1.54) is 24.4 Å². The third-order valence-electron chi connectivity index (χ3n) is 5.85. The van der Waals surface area contributed by atoms with Gasteiger partial charge in [0.15, 0.2) is 0 Å². The molecule has 1 aliphatic rings. The summed E-state index contributed by atoms with van der Waals surface area (Å²) in [5.74, 6) is -0.546. The first-order valence-corrected chi connectivity index (χ1v) is 12.2. The molecule has 2 aromatic heterocycles. The van der Waals surface area contributed by atoms with Crippen LogP contribution in [0, 0.1) is 17.1 Å². The molecule has 3 heterocycles. The van der Waals surface area contributed by atoms with Crippen LogP contribution in [0.4, 0.5) is 21.5 Å². The lowest BCUT2D eigenvalue weighted by Crippen LogP contribution is -2.38. The number of β-amino-alcohol motifs (C(OH)–C–C–N with tert-alkyl or cyclic N) is 1. The zero-order chi connectivity index (χ0) is 26.6.